The van der Waals surface area contributed by atoms with Crippen LogP contribution in [0.2, 0.25) is 0 Å². The highest BCUT2D eigenvalue weighted by Gasteiger charge is 2.15. The van der Waals surface area contributed by atoms with Crippen LogP contribution in [0.4, 0.5) is 23.2 Å². The van der Waals surface area contributed by atoms with Crippen molar-refractivity contribution in [2.24, 2.45) is 4.99 Å². The molecule has 0 aliphatic heterocycles. The number of thioether (sulfide) groups is 1. The van der Waals surface area contributed by atoms with Crippen LogP contribution in [-0.4, -0.2) is 31.7 Å². The largest absolute Gasteiger partial charge is 0.352 e. The molecule has 0 fully saturated rings. The predicted octanol–water partition coefficient (Wildman–Crippen LogP) is 4.03. The van der Waals surface area contributed by atoms with Crippen molar-refractivity contribution < 1.29 is 22.4 Å². The number of nitrogens with one attached hydrogen (secondary N) is 3. The lowest BCUT2D eigenvalue weighted by atomic mass is 10.1. The Morgan fingerprint density at radius 1 is 1.03 bits per heavy atom. The van der Waals surface area contributed by atoms with Crippen molar-refractivity contribution in [1.29, 1.82) is 0 Å². The molecule has 0 spiro atoms. The number of carbonyl (C=O) groups is 1. The van der Waals surface area contributed by atoms with Gasteiger partial charge in [0.25, 0.3) is 0 Å². The lowest BCUT2D eigenvalue weighted by Gasteiger charge is -2.14. The standard InChI is InChI=1S/C19H20F4N4OS.HI/c1-24-19(25-8-11-3-4-13(20)7-12(11)10-29-2)26-9-16(28)27-15-6-5-14(21)17(22)18(15)23;/h3-7H,8-10H2,1-2H3,(H,27,28)(H2,24,25,26);1H. The maximum absolute atomic E-state index is 13.6. The molecule has 30 heavy (non-hydrogen) atoms. The second-order valence-corrected chi connectivity index (χ2v) is 6.76. The van der Waals surface area contributed by atoms with Gasteiger partial charge in [0, 0.05) is 19.3 Å². The summed E-state index contributed by atoms with van der Waals surface area (Å²) >= 11 is 1.56. The minimum Gasteiger partial charge on any atom is -0.352 e. The fraction of sp³-hybridized carbons (Fsp3) is 0.263. The number of amides is 1. The molecule has 164 valence electrons. The highest BCUT2D eigenvalue weighted by molar-refractivity contribution is 14.0. The molecule has 0 aromatic heterocycles. The van der Waals surface area contributed by atoms with E-state index < -0.39 is 29.0 Å². The van der Waals surface area contributed by atoms with Gasteiger partial charge in [0.2, 0.25) is 5.91 Å². The van der Waals surface area contributed by atoms with Crippen molar-refractivity contribution in [1.82, 2.24) is 10.6 Å². The molecule has 0 saturated carbocycles. The van der Waals surface area contributed by atoms with Crippen molar-refractivity contribution >= 4 is 53.3 Å². The molecule has 1 amide bonds. The van der Waals surface area contributed by atoms with E-state index in [2.05, 4.69) is 20.9 Å². The number of aliphatic imine (C=N–C) groups is 1. The number of halogens is 5. The van der Waals surface area contributed by atoms with Crippen molar-refractivity contribution in [2.75, 3.05) is 25.2 Å². The maximum Gasteiger partial charge on any atom is 0.243 e. The Morgan fingerprint density at radius 2 is 1.77 bits per heavy atom. The SMILES string of the molecule is CN=C(NCC(=O)Nc1ccc(F)c(F)c1F)NCc1ccc(F)cc1CSC.I. The summed E-state index contributed by atoms with van der Waals surface area (Å²) in [6.45, 7) is 0.0501. The lowest BCUT2D eigenvalue weighted by Crippen LogP contribution is -2.41. The molecule has 0 aliphatic rings. The van der Waals surface area contributed by atoms with Gasteiger partial charge in [0.15, 0.2) is 23.4 Å². The molecule has 11 heteroatoms. The molecule has 0 heterocycles. The smallest absolute Gasteiger partial charge is 0.243 e. The molecule has 0 aliphatic carbocycles. The van der Waals surface area contributed by atoms with E-state index in [1.54, 1.807) is 17.8 Å². The summed E-state index contributed by atoms with van der Waals surface area (Å²) in [5, 5.41) is 7.87. The molecule has 0 radical (unpaired) electrons. The first-order chi connectivity index (χ1) is 13.8. The first-order valence-corrected chi connectivity index (χ1v) is 9.89. The number of rotatable bonds is 7. The molecular weight excluding hydrogens is 535 g/mol. The van der Waals surface area contributed by atoms with Crippen LogP contribution >= 0.6 is 35.7 Å². The van der Waals surface area contributed by atoms with Gasteiger partial charge in [0.05, 0.1) is 12.2 Å². The molecular formula is C19H21F4IN4OS. The summed E-state index contributed by atoms with van der Waals surface area (Å²) in [6, 6.07) is 6.14. The maximum atomic E-state index is 13.6. The molecule has 0 saturated heterocycles. The fourth-order valence-electron chi connectivity index (χ4n) is 2.44. The molecule has 2 rings (SSSR count). The molecule has 0 bridgehead atoms. The van der Waals surface area contributed by atoms with E-state index >= 15 is 0 Å². The van der Waals surface area contributed by atoms with Gasteiger partial charge in [-0.15, -0.1) is 24.0 Å². The number of hydrogen-bond acceptors (Lipinski definition) is 3. The Balaban J connectivity index is 0.00000450. The van der Waals surface area contributed by atoms with E-state index in [1.807, 2.05) is 6.26 Å². The van der Waals surface area contributed by atoms with E-state index in [1.165, 1.54) is 19.2 Å². The first-order valence-electron chi connectivity index (χ1n) is 8.49. The first kappa shape index (κ1) is 26.0. The second kappa shape index (κ2) is 12.6. The third-order valence-corrected chi connectivity index (χ3v) is 4.46. The fourth-order valence-corrected chi connectivity index (χ4v) is 3.02. The summed E-state index contributed by atoms with van der Waals surface area (Å²) in [5.41, 5.74) is 1.25. The predicted molar refractivity (Wildman–Crippen MR) is 122 cm³/mol. The van der Waals surface area contributed by atoms with Crippen LogP contribution in [0.25, 0.3) is 0 Å². The van der Waals surface area contributed by atoms with Gasteiger partial charge in [-0.25, -0.2) is 17.6 Å². The van der Waals surface area contributed by atoms with Crippen LogP contribution in [0.15, 0.2) is 35.3 Å². The molecule has 0 atom stereocenters. The number of benzene rings is 2. The molecule has 5 nitrogen and oxygen atoms in total. The number of nitrogens with zero attached hydrogens (tertiary/aromatic N) is 1. The van der Waals surface area contributed by atoms with Gasteiger partial charge < -0.3 is 16.0 Å². The number of anilines is 1. The summed E-state index contributed by atoms with van der Waals surface area (Å²) < 4.78 is 53.2. The average molecular weight is 556 g/mol. The van der Waals surface area contributed by atoms with Crippen molar-refractivity contribution in [3.05, 3.63) is 64.7 Å². The zero-order valence-electron chi connectivity index (χ0n) is 16.2. The zero-order chi connectivity index (χ0) is 21.4. The Labute approximate surface area is 193 Å². The van der Waals surface area contributed by atoms with E-state index in [-0.39, 0.29) is 42.3 Å². The highest BCUT2D eigenvalue weighted by atomic mass is 127. The van der Waals surface area contributed by atoms with E-state index in [0.29, 0.717) is 12.3 Å². The van der Waals surface area contributed by atoms with Crippen molar-refractivity contribution in [3.63, 3.8) is 0 Å². The van der Waals surface area contributed by atoms with Gasteiger partial charge in [-0.05, 0) is 41.6 Å². The van der Waals surface area contributed by atoms with E-state index in [9.17, 15) is 22.4 Å². The summed E-state index contributed by atoms with van der Waals surface area (Å²) in [7, 11) is 1.50. The number of hydrogen-bond donors (Lipinski definition) is 3. The van der Waals surface area contributed by atoms with Crippen LogP contribution in [-0.2, 0) is 17.1 Å². The van der Waals surface area contributed by atoms with Gasteiger partial charge in [-0.1, -0.05) is 6.07 Å². The third-order valence-electron chi connectivity index (χ3n) is 3.86. The van der Waals surface area contributed by atoms with Crippen LogP contribution in [0.5, 0.6) is 0 Å². The Bertz CT molecular complexity index is 914. The zero-order valence-corrected chi connectivity index (χ0v) is 19.3. The summed E-state index contributed by atoms with van der Waals surface area (Å²) in [4.78, 5) is 15.9. The van der Waals surface area contributed by atoms with Gasteiger partial charge >= 0.3 is 0 Å². The highest BCUT2D eigenvalue weighted by Crippen LogP contribution is 2.19. The average Bonchev–Trinajstić information content (AvgIpc) is 2.70. The number of guanidine groups is 1. The lowest BCUT2D eigenvalue weighted by molar-refractivity contribution is -0.115. The molecule has 0 unspecified atom stereocenters. The van der Waals surface area contributed by atoms with Crippen molar-refractivity contribution in [2.45, 2.75) is 12.3 Å². The quantitative estimate of drug-likeness (QED) is 0.159. The minimum atomic E-state index is -1.66. The van der Waals surface area contributed by atoms with Crippen LogP contribution in [0, 0.1) is 23.3 Å². The summed E-state index contributed by atoms with van der Waals surface area (Å²) in [6.07, 6.45) is 1.91. The Kier molecular flexibility index (Phi) is 10.9. The van der Waals surface area contributed by atoms with Crippen LogP contribution < -0.4 is 16.0 Å². The second-order valence-electron chi connectivity index (χ2n) is 5.90. The molecule has 2 aromatic carbocycles. The normalized spacial score (nSPS) is 10.9. The molecule has 3 N–H and O–H groups in total. The van der Waals surface area contributed by atoms with E-state index in [0.717, 1.165) is 23.3 Å². The van der Waals surface area contributed by atoms with Gasteiger partial charge in [-0.2, -0.15) is 11.8 Å². The Hall–Kier alpha value is -2.02. The van der Waals surface area contributed by atoms with E-state index in [4.69, 9.17) is 0 Å². The number of carbonyl (C=O) groups excluding carboxylic acids is 1. The van der Waals surface area contributed by atoms with Gasteiger partial charge in [-0.3, -0.25) is 9.79 Å². The minimum absolute atomic E-state index is 0. The Morgan fingerprint density at radius 3 is 2.43 bits per heavy atom. The molecule has 2 aromatic rings. The monoisotopic (exact) mass is 556 g/mol. The topological polar surface area (TPSA) is 65.5 Å². The van der Waals surface area contributed by atoms with Crippen molar-refractivity contribution in [3.8, 4) is 0 Å². The van der Waals surface area contributed by atoms with Crippen LogP contribution in [0.1, 0.15) is 11.1 Å². The van der Waals surface area contributed by atoms with Crippen LogP contribution in [0.3, 0.4) is 0 Å². The summed E-state index contributed by atoms with van der Waals surface area (Å²) in [5.74, 6) is -4.55. The van der Waals surface area contributed by atoms with Gasteiger partial charge in [0.1, 0.15) is 5.82 Å². The third kappa shape index (κ3) is 7.35.